The maximum absolute atomic E-state index is 12.7. The van der Waals surface area contributed by atoms with Crippen molar-refractivity contribution in [3.8, 4) is 0 Å². The second-order valence-corrected chi connectivity index (χ2v) is 9.13. The SMILES string of the molecule is CC(=O)c1ccc(NC(=O)C2CCN(S(=O)(=O)c3ccc(Cl)cc3)CC2)cc1. The zero-order chi connectivity index (χ0) is 20.3. The van der Waals surface area contributed by atoms with Gasteiger partial charge in [-0.3, -0.25) is 9.59 Å². The van der Waals surface area contributed by atoms with Gasteiger partial charge in [0.25, 0.3) is 0 Å². The third-order valence-corrected chi connectivity index (χ3v) is 7.00. The van der Waals surface area contributed by atoms with Crippen molar-refractivity contribution in [3.05, 3.63) is 59.1 Å². The van der Waals surface area contributed by atoms with Crippen molar-refractivity contribution in [1.82, 2.24) is 4.31 Å². The van der Waals surface area contributed by atoms with Crippen molar-refractivity contribution in [1.29, 1.82) is 0 Å². The summed E-state index contributed by atoms with van der Waals surface area (Å²) >= 11 is 5.82. The maximum atomic E-state index is 12.7. The molecular weight excluding hydrogens is 400 g/mol. The van der Waals surface area contributed by atoms with Crippen molar-refractivity contribution >= 4 is 39.0 Å². The van der Waals surface area contributed by atoms with Crippen LogP contribution in [0.5, 0.6) is 0 Å². The number of sulfonamides is 1. The molecule has 2 aromatic rings. The summed E-state index contributed by atoms with van der Waals surface area (Å²) in [6, 6.07) is 12.8. The lowest BCUT2D eigenvalue weighted by Gasteiger charge is -2.30. The van der Waals surface area contributed by atoms with E-state index in [0.29, 0.717) is 29.1 Å². The highest BCUT2D eigenvalue weighted by molar-refractivity contribution is 7.89. The Morgan fingerprint density at radius 2 is 1.57 bits per heavy atom. The van der Waals surface area contributed by atoms with E-state index in [1.165, 1.54) is 23.4 Å². The fourth-order valence-electron chi connectivity index (χ4n) is 3.15. The van der Waals surface area contributed by atoms with Crippen molar-refractivity contribution in [2.75, 3.05) is 18.4 Å². The normalized spacial score (nSPS) is 15.9. The van der Waals surface area contributed by atoms with Gasteiger partial charge in [-0.25, -0.2) is 8.42 Å². The number of halogens is 1. The number of hydrogen-bond donors (Lipinski definition) is 1. The number of hydrogen-bond acceptors (Lipinski definition) is 4. The molecule has 0 bridgehead atoms. The molecule has 8 heteroatoms. The summed E-state index contributed by atoms with van der Waals surface area (Å²) in [6.07, 6.45) is 0.897. The van der Waals surface area contributed by atoms with E-state index in [4.69, 9.17) is 11.6 Å². The molecule has 0 aromatic heterocycles. The third-order valence-electron chi connectivity index (χ3n) is 4.84. The molecule has 0 aliphatic carbocycles. The average molecular weight is 421 g/mol. The molecule has 1 saturated heterocycles. The number of piperidine rings is 1. The summed E-state index contributed by atoms with van der Waals surface area (Å²) in [5, 5.41) is 3.31. The molecule has 1 amide bonds. The molecule has 3 rings (SSSR count). The largest absolute Gasteiger partial charge is 0.326 e. The van der Waals surface area contributed by atoms with Crippen LogP contribution in [0.3, 0.4) is 0 Å². The van der Waals surface area contributed by atoms with Gasteiger partial charge in [-0.1, -0.05) is 11.6 Å². The Morgan fingerprint density at radius 3 is 2.11 bits per heavy atom. The minimum Gasteiger partial charge on any atom is -0.326 e. The van der Waals surface area contributed by atoms with Crippen LogP contribution >= 0.6 is 11.6 Å². The van der Waals surface area contributed by atoms with E-state index in [0.717, 1.165) is 0 Å². The number of benzene rings is 2. The number of carbonyl (C=O) groups excluding carboxylic acids is 2. The lowest BCUT2D eigenvalue weighted by Crippen LogP contribution is -2.41. The summed E-state index contributed by atoms with van der Waals surface area (Å²) in [7, 11) is -3.59. The standard InChI is InChI=1S/C20H21ClN2O4S/c1-14(24)15-2-6-18(7-3-15)22-20(25)16-10-12-23(13-11-16)28(26,27)19-8-4-17(21)5-9-19/h2-9,16H,10-13H2,1H3,(H,22,25). The Hall–Kier alpha value is -2.22. The quantitative estimate of drug-likeness (QED) is 0.749. The smallest absolute Gasteiger partial charge is 0.243 e. The number of ketones is 1. The molecule has 148 valence electrons. The van der Waals surface area contributed by atoms with Gasteiger partial charge in [-0.2, -0.15) is 4.31 Å². The van der Waals surface area contributed by atoms with Crippen LogP contribution in [-0.2, 0) is 14.8 Å². The van der Waals surface area contributed by atoms with Gasteiger partial charge < -0.3 is 5.32 Å². The third kappa shape index (κ3) is 4.60. The molecule has 1 fully saturated rings. The highest BCUT2D eigenvalue weighted by Gasteiger charge is 2.32. The lowest BCUT2D eigenvalue weighted by atomic mass is 9.97. The Bertz CT molecular complexity index is 964. The number of anilines is 1. The Kier molecular flexibility index (Phi) is 6.17. The molecule has 1 aliphatic heterocycles. The fourth-order valence-corrected chi connectivity index (χ4v) is 4.74. The van der Waals surface area contributed by atoms with Crippen molar-refractivity contribution in [3.63, 3.8) is 0 Å². The molecule has 0 spiro atoms. The van der Waals surface area contributed by atoms with E-state index in [1.807, 2.05) is 0 Å². The Morgan fingerprint density at radius 1 is 1.00 bits per heavy atom. The van der Waals surface area contributed by atoms with E-state index < -0.39 is 10.0 Å². The van der Waals surface area contributed by atoms with Gasteiger partial charge in [0.05, 0.1) is 4.90 Å². The molecule has 0 atom stereocenters. The summed E-state index contributed by atoms with van der Waals surface area (Å²) in [5.74, 6) is -0.435. The van der Waals surface area contributed by atoms with Crippen molar-refractivity contribution in [2.24, 2.45) is 5.92 Å². The van der Waals surface area contributed by atoms with E-state index in [2.05, 4.69) is 5.32 Å². The van der Waals surface area contributed by atoms with Crippen LogP contribution in [0.15, 0.2) is 53.4 Å². The van der Waals surface area contributed by atoms with Crippen LogP contribution in [0.2, 0.25) is 5.02 Å². The number of rotatable bonds is 5. The zero-order valence-corrected chi connectivity index (χ0v) is 17.0. The second kappa shape index (κ2) is 8.43. The van der Waals surface area contributed by atoms with Gasteiger partial charge in [-0.05, 0) is 68.3 Å². The van der Waals surface area contributed by atoms with E-state index in [-0.39, 0.29) is 35.6 Å². The Balaban J connectivity index is 1.59. The molecular formula is C20H21ClN2O4S. The monoisotopic (exact) mass is 420 g/mol. The number of nitrogens with one attached hydrogen (secondary N) is 1. The van der Waals surface area contributed by atoms with Crippen LogP contribution in [0, 0.1) is 5.92 Å². The maximum Gasteiger partial charge on any atom is 0.243 e. The van der Waals surface area contributed by atoms with E-state index in [1.54, 1.807) is 36.4 Å². The molecule has 0 saturated carbocycles. The number of Topliss-reactive ketones (excluding diaryl/α,β-unsaturated/α-hetero) is 1. The molecule has 1 heterocycles. The number of amides is 1. The first-order valence-electron chi connectivity index (χ1n) is 8.95. The van der Waals surface area contributed by atoms with Crippen molar-refractivity contribution < 1.29 is 18.0 Å². The Labute approximate surface area is 169 Å². The highest BCUT2D eigenvalue weighted by atomic mass is 35.5. The average Bonchev–Trinajstić information content (AvgIpc) is 2.69. The molecule has 0 unspecified atom stereocenters. The minimum atomic E-state index is -3.59. The highest BCUT2D eigenvalue weighted by Crippen LogP contribution is 2.25. The van der Waals surface area contributed by atoms with Crippen LogP contribution in [0.4, 0.5) is 5.69 Å². The number of nitrogens with zero attached hydrogens (tertiary/aromatic N) is 1. The van der Waals surface area contributed by atoms with Gasteiger partial charge in [-0.15, -0.1) is 0 Å². The predicted octanol–water partition coefficient (Wildman–Crippen LogP) is 3.58. The topological polar surface area (TPSA) is 83.6 Å². The summed E-state index contributed by atoms with van der Waals surface area (Å²) in [4.78, 5) is 24.0. The molecule has 0 radical (unpaired) electrons. The molecule has 1 aliphatic rings. The molecule has 1 N–H and O–H groups in total. The van der Waals surface area contributed by atoms with Crippen LogP contribution in [0.1, 0.15) is 30.1 Å². The molecule has 2 aromatic carbocycles. The van der Waals surface area contributed by atoms with Gasteiger partial charge in [0.1, 0.15) is 0 Å². The van der Waals surface area contributed by atoms with E-state index in [9.17, 15) is 18.0 Å². The molecule has 28 heavy (non-hydrogen) atoms. The van der Waals surface area contributed by atoms with Gasteiger partial charge in [0.15, 0.2) is 5.78 Å². The summed E-state index contributed by atoms with van der Waals surface area (Å²) < 4.78 is 26.8. The lowest BCUT2D eigenvalue weighted by molar-refractivity contribution is -0.120. The second-order valence-electron chi connectivity index (χ2n) is 6.76. The van der Waals surface area contributed by atoms with E-state index >= 15 is 0 Å². The first kappa shape index (κ1) is 20.5. The van der Waals surface area contributed by atoms with Gasteiger partial charge >= 0.3 is 0 Å². The minimum absolute atomic E-state index is 0.0351. The number of carbonyl (C=O) groups is 2. The van der Waals surface area contributed by atoms with Crippen LogP contribution in [0.25, 0.3) is 0 Å². The fraction of sp³-hybridized carbons (Fsp3) is 0.300. The zero-order valence-electron chi connectivity index (χ0n) is 15.4. The summed E-state index contributed by atoms with van der Waals surface area (Å²) in [6.45, 7) is 2.05. The van der Waals surface area contributed by atoms with Gasteiger partial charge in [0.2, 0.25) is 15.9 Å². The summed E-state index contributed by atoms with van der Waals surface area (Å²) in [5.41, 5.74) is 1.20. The van der Waals surface area contributed by atoms with Gasteiger partial charge in [0, 0.05) is 35.3 Å². The first-order chi connectivity index (χ1) is 13.3. The first-order valence-corrected chi connectivity index (χ1v) is 10.8. The molecule has 6 nitrogen and oxygen atoms in total. The van der Waals surface area contributed by atoms with Crippen LogP contribution in [-0.4, -0.2) is 37.5 Å². The van der Waals surface area contributed by atoms with Crippen LogP contribution < -0.4 is 5.32 Å². The predicted molar refractivity (Wildman–Crippen MR) is 108 cm³/mol. The van der Waals surface area contributed by atoms with Crippen molar-refractivity contribution in [2.45, 2.75) is 24.7 Å².